The number of likely N-dealkylation sites (tertiary alicyclic amines) is 1. The Kier molecular flexibility index (Phi) is 3.93. The van der Waals surface area contributed by atoms with Gasteiger partial charge in [-0.1, -0.05) is 17.7 Å². The number of hydrogen-bond acceptors (Lipinski definition) is 2. The fourth-order valence-corrected chi connectivity index (χ4v) is 2.75. The van der Waals surface area contributed by atoms with Gasteiger partial charge in [0.25, 0.3) is 5.91 Å². The van der Waals surface area contributed by atoms with Crippen LogP contribution in [0, 0.1) is 12.8 Å². The van der Waals surface area contributed by atoms with Crippen molar-refractivity contribution in [1.82, 2.24) is 4.90 Å². The topological polar surface area (TPSA) is 46.3 Å². The van der Waals surface area contributed by atoms with Crippen molar-refractivity contribution in [3.05, 3.63) is 34.3 Å². The van der Waals surface area contributed by atoms with Crippen LogP contribution in [0.3, 0.4) is 0 Å². The largest absolute Gasteiger partial charge is 0.336 e. The number of nitrogens with zero attached hydrogens (tertiary/aromatic N) is 1. The standard InChI is InChI=1S/C14H19ClN2O/c1-9-3-4-12(15)6-13(9)14(18)17-8-11(7-16)5-10(17)2/h3-4,6,10-11H,5,7-8,16H2,1-2H3. The number of amides is 1. The molecule has 4 heteroatoms. The first-order valence-electron chi connectivity index (χ1n) is 6.30. The number of hydrogen-bond donors (Lipinski definition) is 1. The number of aryl methyl sites for hydroxylation is 1. The number of nitrogens with two attached hydrogens (primary N) is 1. The minimum atomic E-state index is 0.0680. The van der Waals surface area contributed by atoms with E-state index in [2.05, 4.69) is 6.92 Å². The summed E-state index contributed by atoms with van der Waals surface area (Å²) in [4.78, 5) is 14.4. The first-order valence-corrected chi connectivity index (χ1v) is 6.68. The Morgan fingerprint density at radius 3 is 2.89 bits per heavy atom. The fraction of sp³-hybridized carbons (Fsp3) is 0.500. The van der Waals surface area contributed by atoms with Crippen LogP contribution in [0.4, 0.5) is 0 Å². The van der Waals surface area contributed by atoms with Crippen LogP contribution in [-0.2, 0) is 0 Å². The molecule has 1 aliphatic heterocycles. The molecule has 2 atom stereocenters. The third-order valence-electron chi connectivity index (χ3n) is 3.69. The molecule has 1 fully saturated rings. The molecule has 2 rings (SSSR count). The van der Waals surface area contributed by atoms with E-state index in [4.69, 9.17) is 17.3 Å². The first-order chi connectivity index (χ1) is 8.52. The summed E-state index contributed by atoms with van der Waals surface area (Å²) < 4.78 is 0. The molecular formula is C14H19ClN2O. The van der Waals surface area contributed by atoms with E-state index in [1.54, 1.807) is 6.07 Å². The van der Waals surface area contributed by atoms with Gasteiger partial charge in [0, 0.05) is 23.2 Å². The lowest BCUT2D eigenvalue weighted by atomic mass is 10.1. The minimum Gasteiger partial charge on any atom is -0.336 e. The summed E-state index contributed by atoms with van der Waals surface area (Å²) in [6, 6.07) is 5.70. The van der Waals surface area contributed by atoms with Crippen molar-refractivity contribution in [3.63, 3.8) is 0 Å². The lowest BCUT2D eigenvalue weighted by molar-refractivity contribution is 0.0742. The molecule has 0 bridgehead atoms. The second-order valence-electron chi connectivity index (χ2n) is 5.10. The van der Waals surface area contributed by atoms with Gasteiger partial charge in [-0.15, -0.1) is 0 Å². The summed E-state index contributed by atoms with van der Waals surface area (Å²) in [5.74, 6) is 0.488. The summed E-state index contributed by atoms with van der Waals surface area (Å²) in [5, 5.41) is 0.603. The molecule has 2 N–H and O–H groups in total. The molecule has 1 aromatic carbocycles. The number of rotatable bonds is 2. The molecule has 1 aromatic rings. The number of halogens is 1. The molecule has 0 aliphatic carbocycles. The molecule has 0 saturated carbocycles. The predicted molar refractivity (Wildman–Crippen MR) is 73.8 cm³/mol. The minimum absolute atomic E-state index is 0.0680. The van der Waals surface area contributed by atoms with Gasteiger partial charge in [0.15, 0.2) is 0 Å². The zero-order valence-corrected chi connectivity index (χ0v) is 11.6. The second kappa shape index (κ2) is 5.29. The van der Waals surface area contributed by atoms with Crippen LogP contribution < -0.4 is 5.73 Å². The molecule has 1 amide bonds. The van der Waals surface area contributed by atoms with Gasteiger partial charge in [0.1, 0.15) is 0 Å². The van der Waals surface area contributed by atoms with Crippen LogP contribution in [-0.4, -0.2) is 29.9 Å². The summed E-state index contributed by atoms with van der Waals surface area (Å²) >= 11 is 5.97. The van der Waals surface area contributed by atoms with Crippen molar-refractivity contribution in [3.8, 4) is 0 Å². The van der Waals surface area contributed by atoms with Gasteiger partial charge in [-0.25, -0.2) is 0 Å². The molecule has 1 aliphatic rings. The van der Waals surface area contributed by atoms with Crippen LogP contribution >= 0.6 is 11.6 Å². The van der Waals surface area contributed by atoms with Gasteiger partial charge >= 0.3 is 0 Å². The van der Waals surface area contributed by atoms with Crippen molar-refractivity contribution in [2.24, 2.45) is 11.7 Å². The van der Waals surface area contributed by atoms with E-state index in [1.807, 2.05) is 24.0 Å². The van der Waals surface area contributed by atoms with Gasteiger partial charge in [0.2, 0.25) is 0 Å². The van der Waals surface area contributed by atoms with Crippen molar-refractivity contribution in [2.45, 2.75) is 26.3 Å². The number of carbonyl (C=O) groups excluding carboxylic acids is 1. The van der Waals surface area contributed by atoms with Gasteiger partial charge in [-0.05, 0) is 50.4 Å². The third kappa shape index (κ3) is 2.52. The van der Waals surface area contributed by atoms with E-state index in [0.29, 0.717) is 23.0 Å². The quantitative estimate of drug-likeness (QED) is 0.894. The van der Waals surface area contributed by atoms with Crippen LogP contribution in [0.15, 0.2) is 18.2 Å². The van der Waals surface area contributed by atoms with E-state index >= 15 is 0 Å². The maximum Gasteiger partial charge on any atom is 0.254 e. The van der Waals surface area contributed by atoms with E-state index in [0.717, 1.165) is 18.5 Å². The molecule has 98 valence electrons. The molecule has 2 unspecified atom stereocenters. The molecule has 0 spiro atoms. The van der Waals surface area contributed by atoms with E-state index in [9.17, 15) is 4.79 Å². The van der Waals surface area contributed by atoms with Crippen molar-refractivity contribution < 1.29 is 4.79 Å². The number of benzene rings is 1. The Bertz CT molecular complexity index is 461. The monoisotopic (exact) mass is 266 g/mol. The van der Waals surface area contributed by atoms with E-state index in [1.165, 1.54) is 0 Å². The zero-order valence-electron chi connectivity index (χ0n) is 10.8. The molecular weight excluding hydrogens is 248 g/mol. The summed E-state index contributed by atoms with van der Waals surface area (Å²) in [7, 11) is 0. The first kappa shape index (κ1) is 13.4. The summed E-state index contributed by atoms with van der Waals surface area (Å²) in [5.41, 5.74) is 7.36. The van der Waals surface area contributed by atoms with Crippen molar-refractivity contribution >= 4 is 17.5 Å². The third-order valence-corrected chi connectivity index (χ3v) is 3.92. The van der Waals surface area contributed by atoms with Gasteiger partial charge < -0.3 is 10.6 Å². The van der Waals surface area contributed by atoms with Gasteiger partial charge in [-0.2, -0.15) is 0 Å². The highest BCUT2D eigenvalue weighted by Crippen LogP contribution is 2.26. The lowest BCUT2D eigenvalue weighted by Crippen LogP contribution is -2.34. The average Bonchev–Trinajstić information content (AvgIpc) is 2.73. The Morgan fingerprint density at radius 2 is 2.28 bits per heavy atom. The summed E-state index contributed by atoms with van der Waals surface area (Å²) in [6.45, 7) is 5.41. The average molecular weight is 267 g/mol. The molecule has 3 nitrogen and oxygen atoms in total. The highest BCUT2D eigenvalue weighted by atomic mass is 35.5. The predicted octanol–water partition coefficient (Wildman–Crippen LogP) is 2.46. The zero-order chi connectivity index (χ0) is 13.3. The van der Waals surface area contributed by atoms with Crippen LogP contribution in [0.25, 0.3) is 0 Å². The van der Waals surface area contributed by atoms with Crippen molar-refractivity contribution in [1.29, 1.82) is 0 Å². The van der Waals surface area contributed by atoms with E-state index in [-0.39, 0.29) is 11.9 Å². The SMILES string of the molecule is Cc1ccc(Cl)cc1C(=O)N1CC(CN)CC1C. The highest BCUT2D eigenvalue weighted by molar-refractivity contribution is 6.31. The Hall–Kier alpha value is -1.06. The van der Waals surface area contributed by atoms with Gasteiger partial charge in [-0.3, -0.25) is 4.79 Å². The molecule has 18 heavy (non-hydrogen) atoms. The Morgan fingerprint density at radius 1 is 1.56 bits per heavy atom. The Balaban J connectivity index is 2.24. The second-order valence-corrected chi connectivity index (χ2v) is 5.54. The van der Waals surface area contributed by atoms with Crippen LogP contribution in [0.1, 0.15) is 29.3 Å². The van der Waals surface area contributed by atoms with E-state index < -0.39 is 0 Å². The molecule has 1 saturated heterocycles. The molecule has 0 radical (unpaired) electrons. The molecule has 0 aromatic heterocycles. The van der Waals surface area contributed by atoms with Crippen molar-refractivity contribution in [2.75, 3.05) is 13.1 Å². The maximum atomic E-state index is 12.5. The maximum absolute atomic E-state index is 12.5. The highest BCUT2D eigenvalue weighted by Gasteiger charge is 2.32. The molecule has 1 heterocycles. The lowest BCUT2D eigenvalue weighted by Gasteiger charge is -2.22. The van der Waals surface area contributed by atoms with Crippen LogP contribution in [0.2, 0.25) is 5.02 Å². The van der Waals surface area contributed by atoms with Crippen LogP contribution in [0.5, 0.6) is 0 Å². The Labute approximate surface area is 113 Å². The van der Waals surface area contributed by atoms with Gasteiger partial charge in [0.05, 0.1) is 0 Å². The smallest absolute Gasteiger partial charge is 0.254 e. The fourth-order valence-electron chi connectivity index (χ4n) is 2.58. The number of carbonyl (C=O) groups is 1. The summed E-state index contributed by atoms with van der Waals surface area (Å²) in [6.07, 6.45) is 0.988. The normalized spacial score (nSPS) is 23.4.